The number of hydrogen-bond donors (Lipinski definition) is 2. The lowest BCUT2D eigenvalue weighted by atomic mass is 10.3. The summed E-state index contributed by atoms with van der Waals surface area (Å²) in [5.74, 6) is 0. The summed E-state index contributed by atoms with van der Waals surface area (Å²) in [6.45, 7) is 3.83. The minimum Gasteiger partial charge on any atom is -0.313 e. The van der Waals surface area contributed by atoms with Gasteiger partial charge in [-0.1, -0.05) is 6.92 Å². The van der Waals surface area contributed by atoms with Crippen molar-refractivity contribution in [1.82, 2.24) is 15.0 Å². The molecule has 2 aromatic heterocycles. The van der Waals surface area contributed by atoms with Crippen molar-refractivity contribution in [3.8, 4) is 0 Å². The summed E-state index contributed by atoms with van der Waals surface area (Å²) in [6, 6.07) is 5.28. The highest BCUT2D eigenvalue weighted by atomic mass is 32.2. The van der Waals surface area contributed by atoms with Gasteiger partial charge in [0.1, 0.15) is 4.21 Å². The van der Waals surface area contributed by atoms with E-state index in [1.165, 1.54) is 11.3 Å². The van der Waals surface area contributed by atoms with Crippen molar-refractivity contribution in [1.29, 1.82) is 0 Å². The van der Waals surface area contributed by atoms with Gasteiger partial charge in [0.05, 0.1) is 0 Å². The summed E-state index contributed by atoms with van der Waals surface area (Å²) in [5.41, 5.74) is 1.87. The maximum atomic E-state index is 12.2. The van der Waals surface area contributed by atoms with Crippen molar-refractivity contribution >= 4 is 21.4 Å². The maximum Gasteiger partial charge on any atom is 0.250 e. The van der Waals surface area contributed by atoms with E-state index in [4.69, 9.17) is 0 Å². The number of aromatic nitrogens is 1. The molecule has 0 saturated carbocycles. The number of nitrogens with one attached hydrogen (secondary N) is 2. The molecule has 0 aliphatic heterocycles. The van der Waals surface area contributed by atoms with Gasteiger partial charge in [-0.3, -0.25) is 4.98 Å². The Morgan fingerprint density at radius 3 is 2.65 bits per heavy atom. The SMILES string of the molecule is CCNCc1csc(S(=O)(=O)NCc2ccncc2)c1. The van der Waals surface area contributed by atoms with E-state index in [1.807, 2.05) is 12.3 Å². The van der Waals surface area contributed by atoms with Gasteiger partial charge in [-0.05, 0) is 41.3 Å². The van der Waals surface area contributed by atoms with E-state index < -0.39 is 10.0 Å². The van der Waals surface area contributed by atoms with Crippen LogP contribution in [0.2, 0.25) is 0 Å². The fourth-order valence-corrected chi connectivity index (χ4v) is 3.88. The number of hydrogen-bond acceptors (Lipinski definition) is 5. The number of sulfonamides is 1. The standard InChI is InChI=1S/C13H17N3O2S2/c1-2-14-8-12-7-13(19-10-12)20(17,18)16-9-11-3-5-15-6-4-11/h3-7,10,14,16H,2,8-9H2,1H3. The Labute approximate surface area is 123 Å². The van der Waals surface area contributed by atoms with E-state index in [0.717, 1.165) is 17.7 Å². The Hall–Kier alpha value is -1.28. The highest BCUT2D eigenvalue weighted by Crippen LogP contribution is 2.20. The van der Waals surface area contributed by atoms with Crippen LogP contribution in [0, 0.1) is 0 Å². The molecule has 0 aliphatic rings. The van der Waals surface area contributed by atoms with Crippen LogP contribution in [0.5, 0.6) is 0 Å². The lowest BCUT2D eigenvalue weighted by Crippen LogP contribution is -2.22. The van der Waals surface area contributed by atoms with Crippen LogP contribution in [0.3, 0.4) is 0 Å². The molecule has 0 atom stereocenters. The summed E-state index contributed by atoms with van der Waals surface area (Å²) in [7, 11) is -3.44. The second kappa shape index (κ2) is 6.94. The molecule has 0 amide bonds. The summed E-state index contributed by atoms with van der Waals surface area (Å²) in [5, 5.41) is 5.04. The zero-order valence-electron chi connectivity index (χ0n) is 11.2. The Morgan fingerprint density at radius 2 is 1.95 bits per heavy atom. The van der Waals surface area contributed by atoms with Gasteiger partial charge in [-0.2, -0.15) is 0 Å². The first kappa shape index (κ1) is 15.1. The van der Waals surface area contributed by atoms with Crippen LogP contribution in [-0.2, 0) is 23.1 Å². The van der Waals surface area contributed by atoms with Crippen molar-refractivity contribution in [2.75, 3.05) is 6.54 Å². The molecule has 5 nitrogen and oxygen atoms in total. The van der Waals surface area contributed by atoms with Gasteiger partial charge in [0.15, 0.2) is 0 Å². The second-order valence-electron chi connectivity index (χ2n) is 4.23. The molecule has 0 bridgehead atoms. The van der Waals surface area contributed by atoms with Crippen LogP contribution in [0.1, 0.15) is 18.1 Å². The predicted molar refractivity (Wildman–Crippen MR) is 80.0 cm³/mol. The number of thiophene rings is 1. The van der Waals surface area contributed by atoms with Crippen molar-refractivity contribution in [2.45, 2.75) is 24.2 Å². The molecule has 7 heteroatoms. The molecule has 2 rings (SSSR count). The lowest BCUT2D eigenvalue weighted by molar-refractivity contribution is 0.583. The average molecular weight is 311 g/mol. The molecule has 0 radical (unpaired) electrons. The summed E-state index contributed by atoms with van der Waals surface area (Å²) in [6.07, 6.45) is 3.28. The first-order valence-electron chi connectivity index (χ1n) is 6.28. The molecule has 0 fully saturated rings. The molecular weight excluding hydrogens is 294 g/mol. The molecule has 0 saturated heterocycles. The van der Waals surface area contributed by atoms with E-state index >= 15 is 0 Å². The first-order chi connectivity index (χ1) is 9.62. The number of pyridine rings is 1. The Balaban J connectivity index is 2.01. The van der Waals surface area contributed by atoms with E-state index in [1.54, 1.807) is 30.6 Å². The quantitative estimate of drug-likeness (QED) is 0.817. The van der Waals surface area contributed by atoms with Crippen molar-refractivity contribution in [3.05, 3.63) is 47.1 Å². The molecule has 0 aromatic carbocycles. The largest absolute Gasteiger partial charge is 0.313 e. The van der Waals surface area contributed by atoms with E-state index in [9.17, 15) is 8.42 Å². The molecule has 20 heavy (non-hydrogen) atoms. The fourth-order valence-electron chi connectivity index (χ4n) is 1.61. The van der Waals surface area contributed by atoms with Gasteiger partial charge >= 0.3 is 0 Å². The first-order valence-corrected chi connectivity index (χ1v) is 8.65. The Kier molecular flexibility index (Phi) is 5.24. The molecule has 108 valence electrons. The maximum absolute atomic E-state index is 12.2. The second-order valence-corrected chi connectivity index (χ2v) is 7.14. The molecule has 2 aromatic rings. The van der Waals surface area contributed by atoms with E-state index in [2.05, 4.69) is 15.0 Å². The topological polar surface area (TPSA) is 71.1 Å². The fraction of sp³-hybridized carbons (Fsp3) is 0.308. The minimum atomic E-state index is -3.44. The average Bonchev–Trinajstić information content (AvgIpc) is 2.94. The highest BCUT2D eigenvalue weighted by molar-refractivity contribution is 7.91. The third kappa shape index (κ3) is 4.11. The van der Waals surface area contributed by atoms with Crippen molar-refractivity contribution in [3.63, 3.8) is 0 Å². The van der Waals surface area contributed by atoms with E-state index in [-0.39, 0.29) is 6.54 Å². The number of nitrogens with zero attached hydrogens (tertiary/aromatic N) is 1. The van der Waals surface area contributed by atoms with Gasteiger partial charge in [0, 0.05) is 25.5 Å². The molecule has 0 spiro atoms. The van der Waals surface area contributed by atoms with Crippen molar-refractivity contribution in [2.24, 2.45) is 0 Å². The van der Waals surface area contributed by atoms with Crippen LogP contribution >= 0.6 is 11.3 Å². The minimum absolute atomic E-state index is 0.269. The van der Waals surface area contributed by atoms with Gasteiger partial charge in [-0.25, -0.2) is 13.1 Å². The summed E-state index contributed by atoms with van der Waals surface area (Å²) >= 11 is 1.24. The smallest absolute Gasteiger partial charge is 0.250 e. The van der Waals surface area contributed by atoms with Gasteiger partial charge in [0.25, 0.3) is 0 Å². The zero-order chi connectivity index (χ0) is 14.4. The van der Waals surface area contributed by atoms with Crippen LogP contribution in [0.4, 0.5) is 0 Å². The van der Waals surface area contributed by atoms with Gasteiger partial charge in [-0.15, -0.1) is 11.3 Å². The highest BCUT2D eigenvalue weighted by Gasteiger charge is 2.16. The van der Waals surface area contributed by atoms with Crippen LogP contribution < -0.4 is 10.0 Å². The molecule has 2 N–H and O–H groups in total. The van der Waals surface area contributed by atoms with Gasteiger partial charge < -0.3 is 5.32 Å². The monoisotopic (exact) mass is 311 g/mol. The lowest BCUT2D eigenvalue weighted by Gasteiger charge is -2.04. The summed E-state index contributed by atoms with van der Waals surface area (Å²) in [4.78, 5) is 3.90. The molecule has 2 heterocycles. The predicted octanol–water partition coefficient (Wildman–Crippen LogP) is 1.73. The van der Waals surface area contributed by atoms with E-state index in [0.29, 0.717) is 10.8 Å². The third-order valence-corrected chi connectivity index (χ3v) is 5.58. The summed E-state index contributed by atoms with van der Waals surface area (Å²) < 4.78 is 27.3. The molecule has 0 aliphatic carbocycles. The van der Waals surface area contributed by atoms with Crippen molar-refractivity contribution < 1.29 is 8.42 Å². The number of rotatable bonds is 7. The normalized spacial score (nSPS) is 11.7. The zero-order valence-corrected chi connectivity index (χ0v) is 12.8. The van der Waals surface area contributed by atoms with Gasteiger partial charge in [0.2, 0.25) is 10.0 Å². The Morgan fingerprint density at radius 1 is 1.20 bits per heavy atom. The van der Waals surface area contributed by atoms with Crippen LogP contribution in [0.25, 0.3) is 0 Å². The molecule has 0 unspecified atom stereocenters. The third-order valence-electron chi connectivity index (χ3n) is 2.69. The Bertz CT molecular complexity index is 639. The molecular formula is C13H17N3O2S2. The van der Waals surface area contributed by atoms with Crippen LogP contribution in [-0.4, -0.2) is 19.9 Å². The van der Waals surface area contributed by atoms with Crippen LogP contribution in [0.15, 0.2) is 40.2 Å².